The molecule has 1 amide bonds. The van der Waals surface area contributed by atoms with Gasteiger partial charge in [0.15, 0.2) is 0 Å². The van der Waals surface area contributed by atoms with Crippen LogP contribution in [0.5, 0.6) is 5.75 Å². The summed E-state index contributed by atoms with van der Waals surface area (Å²) < 4.78 is 18.8. The van der Waals surface area contributed by atoms with Gasteiger partial charge >= 0.3 is 0 Å². The SMILES string of the molecule is NCCOc1cccc(NC(=O)c2ccccc2F)c1. The van der Waals surface area contributed by atoms with Crippen LogP contribution in [0.4, 0.5) is 10.1 Å². The van der Waals surface area contributed by atoms with Crippen LogP contribution in [0.1, 0.15) is 10.4 Å². The largest absolute Gasteiger partial charge is 0.492 e. The van der Waals surface area contributed by atoms with Crippen molar-refractivity contribution < 1.29 is 13.9 Å². The summed E-state index contributed by atoms with van der Waals surface area (Å²) in [5.41, 5.74) is 5.89. The van der Waals surface area contributed by atoms with Gasteiger partial charge in [0.1, 0.15) is 18.2 Å². The van der Waals surface area contributed by atoms with E-state index in [0.717, 1.165) is 0 Å². The molecule has 0 atom stereocenters. The van der Waals surface area contributed by atoms with Gasteiger partial charge in [-0.25, -0.2) is 4.39 Å². The fourth-order valence-electron chi connectivity index (χ4n) is 1.68. The summed E-state index contributed by atoms with van der Waals surface area (Å²) in [5, 5.41) is 2.63. The van der Waals surface area contributed by atoms with Crippen molar-refractivity contribution in [2.75, 3.05) is 18.5 Å². The lowest BCUT2D eigenvalue weighted by molar-refractivity contribution is 0.102. The molecule has 2 aromatic carbocycles. The van der Waals surface area contributed by atoms with Gasteiger partial charge in [-0.2, -0.15) is 0 Å². The molecule has 4 nitrogen and oxygen atoms in total. The first-order valence-corrected chi connectivity index (χ1v) is 6.19. The molecule has 0 bridgehead atoms. The third kappa shape index (κ3) is 3.55. The van der Waals surface area contributed by atoms with Gasteiger partial charge in [-0.1, -0.05) is 18.2 Å². The monoisotopic (exact) mass is 274 g/mol. The number of amides is 1. The molecule has 0 heterocycles. The molecule has 104 valence electrons. The highest BCUT2D eigenvalue weighted by Gasteiger charge is 2.11. The first-order valence-electron chi connectivity index (χ1n) is 6.19. The second kappa shape index (κ2) is 6.68. The summed E-state index contributed by atoms with van der Waals surface area (Å²) >= 11 is 0. The van der Waals surface area contributed by atoms with E-state index in [1.54, 1.807) is 30.3 Å². The van der Waals surface area contributed by atoms with Gasteiger partial charge in [0.25, 0.3) is 5.91 Å². The number of carbonyl (C=O) groups excluding carboxylic acids is 1. The third-order valence-corrected chi connectivity index (χ3v) is 2.60. The standard InChI is InChI=1S/C15H15FN2O2/c16-14-7-2-1-6-13(14)15(19)18-11-4-3-5-12(10-11)20-9-8-17/h1-7,10H,8-9,17H2,(H,18,19). The van der Waals surface area contributed by atoms with Gasteiger partial charge in [0.05, 0.1) is 5.56 Å². The number of nitrogens with one attached hydrogen (secondary N) is 1. The second-order valence-electron chi connectivity index (χ2n) is 4.10. The molecular weight excluding hydrogens is 259 g/mol. The smallest absolute Gasteiger partial charge is 0.258 e. The first-order chi connectivity index (χ1) is 9.70. The van der Waals surface area contributed by atoms with Crippen molar-refractivity contribution in [2.24, 2.45) is 5.73 Å². The number of carbonyl (C=O) groups is 1. The summed E-state index contributed by atoms with van der Waals surface area (Å²) in [4.78, 5) is 11.9. The Kier molecular flexibility index (Phi) is 4.68. The van der Waals surface area contributed by atoms with Gasteiger partial charge < -0.3 is 15.8 Å². The van der Waals surface area contributed by atoms with Crippen molar-refractivity contribution in [3.63, 3.8) is 0 Å². The van der Waals surface area contributed by atoms with Crippen molar-refractivity contribution >= 4 is 11.6 Å². The lowest BCUT2D eigenvalue weighted by Crippen LogP contribution is -2.14. The molecule has 2 rings (SSSR count). The normalized spacial score (nSPS) is 10.1. The van der Waals surface area contributed by atoms with Gasteiger partial charge in [-0.15, -0.1) is 0 Å². The van der Waals surface area contributed by atoms with Gasteiger partial charge in [0, 0.05) is 18.3 Å². The number of rotatable bonds is 5. The highest BCUT2D eigenvalue weighted by molar-refractivity contribution is 6.04. The topological polar surface area (TPSA) is 64.3 Å². The fourth-order valence-corrected chi connectivity index (χ4v) is 1.68. The zero-order valence-electron chi connectivity index (χ0n) is 10.8. The number of ether oxygens (including phenoxy) is 1. The van der Waals surface area contributed by atoms with Gasteiger partial charge in [0.2, 0.25) is 0 Å². The average Bonchev–Trinajstić information content (AvgIpc) is 2.46. The summed E-state index contributed by atoms with van der Waals surface area (Å²) in [5.74, 6) is -0.457. The minimum absolute atomic E-state index is 0.000722. The highest BCUT2D eigenvalue weighted by Crippen LogP contribution is 2.18. The molecule has 0 aliphatic rings. The molecule has 20 heavy (non-hydrogen) atoms. The number of halogens is 1. The molecular formula is C15H15FN2O2. The van der Waals surface area contributed by atoms with E-state index in [-0.39, 0.29) is 5.56 Å². The van der Waals surface area contributed by atoms with E-state index >= 15 is 0 Å². The van der Waals surface area contributed by atoms with Crippen LogP contribution in [-0.4, -0.2) is 19.1 Å². The highest BCUT2D eigenvalue weighted by atomic mass is 19.1. The molecule has 0 saturated carbocycles. The molecule has 3 N–H and O–H groups in total. The number of nitrogens with two attached hydrogens (primary N) is 1. The Morgan fingerprint density at radius 2 is 2.00 bits per heavy atom. The molecule has 0 unspecified atom stereocenters. The number of hydrogen-bond acceptors (Lipinski definition) is 3. The number of benzene rings is 2. The van der Waals surface area contributed by atoms with E-state index in [4.69, 9.17) is 10.5 Å². The van der Waals surface area contributed by atoms with Crippen molar-refractivity contribution in [3.05, 3.63) is 59.9 Å². The molecule has 5 heteroatoms. The van der Waals surface area contributed by atoms with E-state index in [0.29, 0.717) is 24.6 Å². The Morgan fingerprint density at radius 3 is 2.75 bits per heavy atom. The predicted octanol–water partition coefficient (Wildman–Crippen LogP) is 2.42. The van der Waals surface area contributed by atoms with Crippen LogP contribution in [0, 0.1) is 5.82 Å². The molecule has 0 aliphatic heterocycles. The number of hydrogen-bond donors (Lipinski definition) is 2. The lowest BCUT2D eigenvalue weighted by Gasteiger charge is -2.09. The quantitative estimate of drug-likeness (QED) is 0.880. The van der Waals surface area contributed by atoms with Crippen LogP contribution < -0.4 is 15.8 Å². The van der Waals surface area contributed by atoms with Crippen molar-refractivity contribution in [1.82, 2.24) is 0 Å². The van der Waals surface area contributed by atoms with Gasteiger partial charge in [-0.05, 0) is 24.3 Å². The van der Waals surface area contributed by atoms with E-state index in [1.807, 2.05) is 0 Å². The Morgan fingerprint density at radius 1 is 1.20 bits per heavy atom. The lowest BCUT2D eigenvalue weighted by atomic mass is 10.2. The predicted molar refractivity (Wildman–Crippen MR) is 75.3 cm³/mol. The van der Waals surface area contributed by atoms with Crippen molar-refractivity contribution in [3.8, 4) is 5.75 Å². The fraction of sp³-hybridized carbons (Fsp3) is 0.133. The number of anilines is 1. The van der Waals surface area contributed by atoms with Crippen LogP contribution in [0.25, 0.3) is 0 Å². The zero-order chi connectivity index (χ0) is 14.4. The maximum Gasteiger partial charge on any atom is 0.258 e. The Hall–Kier alpha value is -2.40. The van der Waals surface area contributed by atoms with Crippen molar-refractivity contribution in [1.29, 1.82) is 0 Å². The second-order valence-corrected chi connectivity index (χ2v) is 4.10. The Labute approximate surface area is 116 Å². The maximum atomic E-state index is 13.5. The molecule has 0 saturated heterocycles. The maximum absolute atomic E-state index is 13.5. The Balaban J connectivity index is 2.10. The van der Waals surface area contributed by atoms with Crippen LogP contribution in [0.2, 0.25) is 0 Å². The molecule has 0 radical (unpaired) electrons. The van der Waals surface area contributed by atoms with Crippen LogP contribution in [-0.2, 0) is 0 Å². The van der Waals surface area contributed by atoms with E-state index < -0.39 is 11.7 Å². The summed E-state index contributed by atoms with van der Waals surface area (Å²) in [7, 11) is 0. The molecule has 0 spiro atoms. The van der Waals surface area contributed by atoms with E-state index in [9.17, 15) is 9.18 Å². The molecule has 0 fully saturated rings. The third-order valence-electron chi connectivity index (χ3n) is 2.60. The van der Waals surface area contributed by atoms with E-state index in [1.165, 1.54) is 18.2 Å². The van der Waals surface area contributed by atoms with Gasteiger partial charge in [-0.3, -0.25) is 4.79 Å². The zero-order valence-corrected chi connectivity index (χ0v) is 10.8. The summed E-state index contributed by atoms with van der Waals surface area (Å²) in [6, 6.07) is 12.7. The molecule has 0 aromatic heterocycles. The molecule has 2 aromatic rings. The average molecular weight is 274 g/mol. The Bertz CT molecular complexity index is 602. The molecule has 0 aliphatic carbocycles. The van der Waals surface area contributed by atoms with Crippen LogP contribution >= 0.6 is 0 Å². The van der Waals surface area contributed by atoms with Crippen molar-refractivity contribution in [2.45, 2.75) is 0 Å². The van der Waals surface area contributed by atoms with Crippen LogP contribution in [0.15, 0.2) is 48.5 Å². The van der Waals surface area contributed by atoms with Crippen LogP contribution in [0.3, 0.4) is 0 Å². The minimum Gasteiger partial charge on any atom is -0.492 e. The first kappa shape index (κ1) is 14.0. The summed E-state index contributed by atoms with van der Waals surface area (Å²) in [6.07, 6.45) is 0. The minimum atomic E-state index is -0.555. The summed E-state index contributed by atoms with van der Waals surface area (Å²) in [6.45, 7) is 0.802. The van der Waals surface area contributed by atoms with E-state index in [2.05, 4.69) is 5.32 Å².